The molecule has 152 valence electrons. The van der Waals surface area contributed by atoms with Crippen molar-refractivity contribution >= 4 is 23.3 Å². The number of nitrogens with one attached hydrogen (secondary N) is 1. The summed E-state index contributed by atoms with van der Waals surface area (Å²) >= 11 is 6.17. The van der Waals surface area contributed by atoms with Crippen LogP contribution in [-0.2, 0) is 13.2 Å². The molecule has 6 nitrogen and oxygen atoms in total. The number of benzene rings is 2. The molecule has 4 aromatic rings. The van der Waals surface area contributed by atoms with Gasteiger partial charge in [0.05, 0.1) is 6.54 Å². The van der Waals surface area contributed by atoms with Crippen molar-refractivity contribution in [3.8, 4) is 5.75 Å². The van der Waals surface area contributed by atoms with E-state index in [1.165, 1.54) is 24.3 Å². The number of ether oxygens (including phenoxy) is 1. The molecular formula is C22H17ClFN3O3. The van der Waals surface area contributed by atoms with Gasteiger partial charge in [-0.15, -0.1) is 0 Å². The molecule has 0 aliphatic rings. The van der Waals surface area contributed by atoms with Crippen LogP contribution in [0.2, 0.25) is 5.02 Å². The molecule has 8 heteroatoms. The first-order valence-corrected chi connectivity index (χ1v) is 9.50. The minimum Gasteiger partial charge on any atom is -0.486 e. The van der Waals surface area contributed by atoms with Crippen molar-refractivity contribution in [1.82, 2.24) is 9.78 Å². The highest BCUT2D eigenvalue weighted by Gasteiger charge is 2.13. The molecule has 0 aliphatic heterocycles. The number of hydrogen-bond donors (Lipinski definition) is 1. The third-order valence-electron chi connectivity index (χ3n) is 4.25. The molecule has 0 aliphatic carbocycles. The molecule has 0 saturated heterocycles. The van der Waals surface area contributed by atoms with E-state index in [4.69, 9.17) is 20.8 Å². The van der Waals surface area contributed by atoms with Crippen molar-refractivity contribution in [2.75, 3.05) is 5.32 Å². The van der Waals surface area contributed by atoms with Crippen LogP contribution in [0.4, 0.5) is 10.2 Å². The van der Waals surface area contributed by atoms with Gasteiger partial charge in [0.25, 0.3) is 5.91 Å². The summed E-state index contributed by atoms with van der Waals surface area (Å²) < 4.78 is 25.6. The number of halogens is 2. The summed E-state index contributed by atoms with van der Waals surface area (Å²) in [5.74, 6) is 0.733. The summed E-state index contributed by atoms with van der Waals surface area (Å²) in [6.07, 6.45) is 1.75. The summed E-state index contributed by atoms with van der Waals surface area (Å²) in [6, 6.07) is 18.0. The molecule has 2 heterocycles. The fraction of sp³-hybridized carbons (Fsp3) is 0.0909. The Morgan fingerprint density at radius 2 is 1.90 bits per heavy atom. The van der Waals surface area contributed by atoms with Crippen molar-refractivity contribution < 1.29 is 18.3 Å². The molecule has 0 saturated carbocycles. The first kappa shape index (κ1) is 19.7. The highest BCUT2D eigenvalue weighted by molar-refractivity contribution is 6.31. The van der Waals surface area contributed by atoms with Crippen LogP contribution < -0.4 is 10.1 Å². The van der Waals surface area contributed by atoms with Gasteiger partial charge in [-0.2, -0.15) is 5.10 Å². The maximum Gasteiger partial charge on any atom is 0.292 e. The van der Waals surface area contributed by atoms with E-state index in [0.29, 0.717) is 28.9 Å². The molecule has 0 unspecified atom stereocenters. The van der Waals surface area contributed by atoms with Crippen LogP contribution in [0.1, 0.15) is 21.9 Å². The van der Waals surface area contributed by atoms with E-state index >= 15 is 0 Å². The third kappa shape index (κ3) is 4.87. The number of furan rings is 1. The predicted octanol–water partition coefficient (Wildman–Crippen LogP) is 5.15. The quantitative estimate of drug-likeness (QED) is 0.444. The van der Waals surface area contributed by atoms with Crippen molar-refractivity contribution in [2.24, 2.45) is 0 Å². The molecule has 1 amide bonds. The Bertz CT molecular complexity index is 1150. The van der Waals surface area contributed by atoms with Crippen molar-refractivity contribution in [2.45, 2.75) is 13.2 Å². The summed E-state index contributed by atoms with van der Waals surface area (Å²) in [6.45, 7) is 0.604. The van der Waals surface area contributed by atoms with Crippen LogP contribution in [0.15, 0.2) is 77.3 Å². The van der Waals surface area contributed by atoms with E-state index in [9.17, 15) is 9.18 Å². The minimum absolute atomic E-state index is 0.116. The summed E-state index contributed by atoms with van der Waals surface area (Å²) in [5.41, 5.74) is 0.928. The number of carbonyl (C=O) groups is 1. The van der Waals surface area contributed by atoms with Gasteiger partial charge in [-0.05, 0) is 48.0 Å². The molecule has 0 spiro atoms. The SMILES string of the molecule is O=C(Nc1ccn(Cc2ccccc2Cl)n1)c1ccc(COc2ccc(F)cc2)o1. The minimum atomic E-state index is -0.425. The Hall–Kier alpha value is -3.58. The maximum absolute atomic E-state index is 12.9. The fourth-order valence-electron chi connectivity index (χ4n) is 2.76. The first-order chi connectivity index (χ1) is 14.6. The average molecular weight is 426 g/mol. The van der Waals surface area contributed by atoms with E-state index in [1.54, 1.807) is 29.1 Å². The molecule has 0 radical (unpaired) electrons. The van der Waals surface area contributed by atoms with Crippen molar-refractivity contribution in [3.05, 3.63) is 101 Å². The van der Waals surface area contributed by atoms with E-state index < -0.39 is 5.91 Å². The van der Waals surface area contributed by atoms with Crippen LogP contribution in [0.5, 0.6) is 5.75 Å². The van der Waals surface area contributed by atoms with E-state index in [1.807, 2.05) is 24.3 Å². The van der Waals surface area contributed by atoms with Crippen LogP contribution >= 0.6 is 11.6 Å². The van der Waals surface area contributed by atoms with Gasteiger partial charge < -0.3 is 14.5 Å². The molecule has 0 fully saturated rings. The molecule has 4 rings (SSSR count). The standard InChI is InChI=1S/C22H17ClFN3O3/c23-19-4-2-1-3-15(19)13-27-12-11-21(26-27)25-22(28)20-10-9-18(30-20)14-29-17-7-5-16(24)6-8-17/h1-12H,13-14H2,(H,25,26,28). The van der Waals surface area contributed by atoms with E-state index in [-0.39, 0.29) is 18.2 Å². The Kier molecular flexibility index (Phi) is 5.81. The number of rotatable bonds is 7. The highest BCUT2D eigenvalue weighted by atomic mass is 35.5. The molecule has 2 aromatic heterocycles. The van der Waals surface area contributed by atoms with E-state index in [0.717, 1.165) is 5.56 Å². The largest absolute Gasteiger partial charge is 0.486 e. The predicted molar refractivity (Wildman–Crippen MR) is 110 cm³/mol. The zero-order valence-electron chi connectivity index (χ0n) is 15.7. The Labute approximate surface area is 176 Å². The van der Waals surface area contributed by atoms with Gasteiger partial charge in [-0.1, -0.05) is 29.8 Å². The number of hydrogen-bond acceptors (Lipinski definition) is 4. The zero-order chi connectivity index (χ0) is 20.9. The first-order valence-electron chi connectivity index (χ1n) is 9.12. The Morgan fingerprint density at radius 1 is 1.10 bits per heavy atom. The number of nitrogens with zero attached hydrogens (tertiary/aromatic N) is 2. The molecule has 1 N–H and O–H groups in total. The van der Waals surface area contributed by atoms with Crippen LogP contribution in [0.3, 0.4) is 0 Å². The van der Waals surface area contributed by atoms with Crippen LogP contribution in [-0.4, -0.2) is 15.7 Å². The van der Waals surface area contributed by atoms with Crippen LogP contribution in [0.25, 0.3) is 0 Å². The normalized spacial score (nSPS) is 10.7. The lowest BCUT2D eigenvalue weighted by Crippen LogP contribution is -2.12. The molecule has 2 aromatic carbocycles. The second-order valence-electron chi connectivity index (χ2n) is 6.45. The lowest BCUT2D eigenvalue weighted by atomic mass is 10.2. The zero-order valence-corrected chi connectivity index (χ0v) is 16.5. The van der Waals surface area contributed by atoms with Gasteiger partial charge in [0.2, 0.25) is 0 Å². The highest BCUT2D eigenvalue weighted by Crippen LogP contribution is 2.18. The fourth-order valence-corrected chi connectivity index (χ4v) is 2.95. The summed E-state index contributed by atoms with van der Waals surface area (Å²) in [5, 5.41) is 7.68. The summed E-state index contributed by atoms with van der Waals surface area (Å²) in [4.78, 5) is 12.4. The topological polar surface area (TPSA) is 69.3 Å². The molecule has 30 heavy (non-hydrogen) atoms. The van der Waals surface area contributed by atoms with Crippen LogP contribution in [0, 0.1) is 5.82 Å². The second kappa shape index (κ2) is 8.84. The Morgan fingerprint density at radius 3 is 2.70 bits per heavy atom. The number of anilines is 1. The maximum atomic E-state index is 12.9. The number of amides is 1. The second-order valence-corrected chi connectivity index (χ2v) is 6.86. The van der Waals surface area contributed by atoms with Crippen molar-refractivity contribution in [3.63, 3.8) is 0 Å². The number of aromatic nitrogens is 2. The van der Waals surface area contributed by atoms with Crippen molar-refractivity contribution in [1.29, 1.82) is 0 Å². The smallest absolute Gasteiger partial charge is 0.292 e. The molecular weight excluding hydrogens is 409 g/mol. The molecule has 0 bridgehead atoms. The lowest BCUT2D eigenvalue weighted by molar-refractivity contribution is 0.0992. The van der Waals surface area contributed by atoms with Gasteiger partial charge in [-0.25, -0.2) is 4.39 Å². The van der Waals surface area contributed by atoms with Gasteiger partial charge in [0, 0.05) is 17.3 Å². The molecule has 0 atom stereocenters. The summed E-state index contributed by atoms with van der Waals surface area (Å²) in [7, 11) is 0. The third-order valence-corrected chi connectivity index (χ3v) is 4.62. The van der Waals surface area contributed by atoms with Gasteiger partial charge in [0.1, 0.15) is 23.9 Å². The number of carbonyl (C=O) groups excluding carboxylic acids is 1. The van der Waals surface area contributed by atoms with Gasteiger partial charge in [0.15, 0.2) is 11.6 Å². The van der Waals surface area contributed by atoms with Gasteiger partial charge in [-0.3, -0.25) is 9.48 Å². The van der Waals surface area contributed by atoms with E-state index in [2.05, 4.69) is 10.4 Å². The average Bonchev–Trinajstić information content (AvgIpc) is 3.39. The Balaban J connectivity index is 1.34. The lowest BCUT2D eigenvalue weighted by Gasteiger charge is -2.04. The van der Waals surface area contributed by atoms with Gasteiger partial charge >= 0.3 is 0 Å². The monoisotopic (exact) mass is 425 g/mol.